The fraction of sp³-hybridized carbons (Fsp3) is 1.00. The zero-order chi connectivity index (χ0) is 9.31. The van der Waals surface area contributed by atoms with Gasteiger partial charge in [0.1, 0.15) is 29.2 Å². The van der Waals surface area contributed by atoms with E-state index in [1.807, 2.05) is 23.0 Å². The molecule has 0 spiro atoms. The Morgan fingerprint density at radius 1 is 1.54 bits per heavy atom. The third-order valence-corrected chi connectivity index (χ3v) is 3.40. The first-order valence-corrected chi connectivity index (χ1v) is 5.72. The van der Waals surface area contributed by atoms with E-state index in [0.717, 1.165) is 26.1 Å². The van der Waals surface area contributed by atoms with Crippen molar-refractivity contribution in [1.29, 1.82) is 0 Å². The van der Waals surface area contributed by atoms with Gasteiger partial charge in [0.25, 0.3) is 0 Å². The molecular formula is C9H15FINO. The SMILES string of the molecule is F[C@H]1CCN(CC2(COI)CC2)C1. The van der Waals surface area contributed by atoms with Crippen LogP contribution in [0.5, 0.6) is 0 Å². The number of alkyl halides is 1. The van der Waals surface area contributed by atoms with Crippen LogP contribution in [0.4, 0.5) is 4.39 Å². The average molecular weight is 299 g/mol. The molecular weight excluding hydrogens is 284 g/mol. The van der Waals surface area contributed by atoms with E-state index in [1.54, 1.807) is 0 Å². The monoisotopic (exact) mass is 299 g/mol. The van der Waals surface area contributed by atoms with Gasteiger partial charge in [0.05, 0.1) is 6.61 Å². The summed E-state index contributed by atoms with van der Waals surface area (Å²) in [4.78, 5) is 2.24. The van der Waals surface area contributed by atoms with Gasteiger partial charge in [-0.3, -0.25) is 4.90 Å². The lowest BCUT2D eigenvalue weighted by Gasteiger charge is -2.21. The van der Waals surface area contributed by atoms with Crippen molar-refractivity contribution in [1.82, 2.24) is 4.90 Å². The summed E-state index contributed by atoms with van der Waals surface area (Å²) in [6.07, 6.45) is 2.64. The van der Waals surface area contributed by atoms with Gasteiger partial charge in [0.15, 0.2) is 0 Å². The number of hydrogen-bond acceptors (Lipinski definition) is 2. The minimum Gasteiger partial charge on any atom is -0.315 e. The summed E-state index contributed by atoms with van der Waals surface area (Å²) in [7, 11) is 0. The molecule has 2 rings (SSSR count). The maximum Gasteiger partial charge on any atom is 0.114 e. The fourth-order valence-electron chi connectivity index (χ4n) is 2.04. The molecule has 0 aromatic carbocycles. The summed E-state index contributed by atoms with van der Waals surface area (Å²) >= 11 is 1.95. The Bertz CT molecular complexity index is 186. The molecule has 0 bridgehead atoms. The number of rotatable bonds is 4. The molecule has 4 heteroatoms. The van der Waals surface area contributed by atoms with E-state index in [9.17, 15) is 4.39 Å². The highest BCUT2D eigenvalue weighted by Crippen LogP contribution is 2.47. The second-order valence-electron chi connectivity index (χ2n) is 4.37. The molecule has 1 saturated carbocycles. The van der Waals surface area contributed by atoms with Crippen LogP contribution in [-0.2, 0) is 3.07 Å². The van der Waals surface area contributed by atoms with Gasteiger partial charge in [0.2, 0.25) is 0 Å². The van der Waals surface area contributed by atoms with Crippen LogP contribution in [0.3, 0.4) is 0 Å². The number of hydrogen-bond donors (Lipinski definition) is 0. The van der Waals surface area contributed by atoms with Gasteiger partial charge in [-0.15, -0.1) is 0 Å². The van der Waals surface area contributed by atoms with Gasteiger partial charge in [-0.25, -0.2) is 4.39 Å². The summed E-state index contributed by atoms with van der Waals surface area (Å²) in [5.74, 6) is 0. The number of likely N-dealkylation sites (tertiary alicyclic amines) is 1. The van der Waals surface area contributed by atoms with E-state index in [-0.39, 0.29) is 0 Å². The van der Waals surface area contributed by atoms with E-state index < -0.39 is 6.17 Å². The highest BCUT2D eigenvalue weighted by atomic mass is 127. The second-order valence-corrected chi connectivity index (χ2v) is 5.00. The van der Waals surface area contributed by atoms with E-state index in [2.05, 4.69) is 4.90 Å². The third kappa shape index (κ3) is 2.53. The van der Waals surface area contributed by atoms with Crippen LogP contribution >= 0.6 is 23.0 Å². The van der Waals surface area contributed by atoms with Crippen LogP contribution in [0.2, 0.25) is 0 Å². The van der Waals surface area contributed by atoms with Gasteiger partial charge < -0.3 is 3.07 Å². The first kappa shape index (κ1) is 10.1. The van der Waals surface area contributed by atoms with Crippen molar-refractivity contribution in [2.75, 3.05) is 26.2 Å². The Morgan fingerprint density at radius 3 is 2.77 bits per heavy atom. The van der Waals surface area contributed by atoms with Crippen LogP contribution < -0.4 is 0 Å². The van der Waals surface area contributed by atoms with Crippen LogP contribution in [0, 0.1) is 5.41 Å². The fourth-order valence-corrected chi connectivity index (χ4v) is 2.70. The standard InChI is InChI=1S/C9H15FINO/c10-8-1-4-12(5-8)6-9(2-3-9)7-13-11/h8H,1-7H2/t8-/m0/s1. The molecule has 0 unspecified atom stereocenters. The van der Waals surface area contributed by atoms with E-state index in [0.29, 0.717) is 12.0 Å². The van der Waals surface area contributed by atoms with Gasteiger partial charge in [-0.2, -0.15) is 0 Å². The van der Waals surface area contributed by atoms with Crippen LogP contribution in [-0.4, -0.2) is 37.3 Å². The summed E-state index contributed by atoms with van der Waals surface area (Å²) in [6, 6.07) is 0. The summed E-state index contributed by atoms with van der Waals surface area (Å²) < 4.78 is 18.0. The van der Waals surface area contributed by atoms with E-state index in [4.69, 9.17) is 3.07 Å². The normalized spacial score (nSPS) is 32.3. The molecule has 2 fully saturated rings. The molecule has 1 aliphatic heterocycles. The Balaban J connectivity index is 1.77. The molecule has 0 aromatic rings. The largest absolute Gasteiger partial charge is 0.315 e. The van der Waals surface area contributed by atoms with Gasteiger partial charge in [-0.1, -0.05) is 0 Å². The molecule has 0 amide bonds. The zero-order valence-corrected chi connectivity index (χ0v) is 9.80. The molecule has 0 aromatic heterocycles. The molecule has 76 valence electrons. The summed E-state index contributed by atoms with van der Waals surface area (Å²) in [5.41, 5.74) is 0.380. The molecule has 1 heterocycles. The molecule has 1 atom stereocenters. The van der Waals surface area contributed by atoms with Gasteiger partial charge in [-0.05, 0) is 19.3 Å². The Labute approximate surface area is 92.5 Å². The lowest BCUT2D eigenvalue weighted by atomic mass is 10.1. The molecule has 2 nitrogen and oxygen atoms in total. The van der Waals surface area contributed by atoms with Gasteiger partial charge in [0, 0.05) is 25.0 Å². The van der Waals surface area contributed by atoms with Crippen molar-refractivity contribution >= 4 is 23.0 Å². The number of nitrogens with zero attached hydrogens (tertiary/aromatic N) is 1. The van der Waals surface area contributed by atoms with Crippen molar-refractivity contribution in [3.8, 4) is 0 Å². The Morgan fingerprint density at radius 2 is 2.31 bits per heavy atom. The minimum atomic E-state index is -0.587. The van der Waals surface area contributed by atoms with Crippen molar-refractivity contribution in [3.63, 3.8) is 0 Å². The molecule has 0 N–H and O–H groups in total. The zero-order valence-electron chi connectivity index (χ0n) is 7.64. The smallest absolute Gasteiger partial charge is 0.114 e. The quantitative estimate of drug-likeness (QED) is 0.738. The average Bonchev–Trinajstić information content (AvgIpc) is 2.70. The summed E-state index contributed by atoms with van der Waals surface area (Å²) in [5, 5.41) is 0. The molecule has 13 heavy (non-hydrogen) atoms. The predicted molar refractivity (Wildman–Crippen MR) is 57.6 cm³/mol. The van der Waals surface area contributed by atoms with E-state index in [1.165, 1.54) is 12.8 Å². The maximum absolute atomic E-state index is 12.9. The molecule has 1 saturated heterocycles. The molecule has 0 radical (unpaired) electrons. The lowest BCUT2D eigenvalue weighted by Crippen LogP contribution is -2.30. The number of halogens is 2. The van der Waals surface area contributed by atoms with Crippen molar-refractivity contribution in [2.45, 2.75) is 25.4 Å². The van der Waals surface area contributed by atoms with Crippen molar-refractivity contribution < 1.29 is 7.46 Å². The Kier molecular flexibility index (Phi) is 3.10. The molecule has 1 aliphatic carbocycles. The van der Waals surface area contributed by atoms with Crippen LogP contribution in [0.1, 0.15) is 19.3 Å². The van der Waals surface area contributed by atoms with E-state index >= 15 is 0 Å². The first-order valence-electron chi connectivity index (χ1n) is 4.84. The first-order chi connectivity index (χ1) is 6.24. The third-order valence-electron chi connectivity index (χ3n) is 3.09. The highest BCUT2D eigenvalue weighted by molar-refractivity contribution is 14.1. The summed E-state index contributed by atoms with van der Waals surface area (Å²) in [6.45, 7) is 3.45. The predicted octanol–water partition coefficient (Wildman–Crippen LogP) is 2.18. The second kappa shape index (κ2) is 3.98. The lowest BCUT2D eigenvalue weighted by molar-refractivity contribution is 0.200. The van der Waals surface area contributed by atoms with Crippen molar-refractivity contribution in [3.05, 3.63) is 0 Å². The maximum atomic E-state index is 12.9. The minimum absolute atomic E-state index is 0.380. The van der Waals surface area contributed by atoms with Crippen LogP contribution in [0.25, 0.3) is 0 Å². The highest BCUT2D eigenvalue weighted by Gasteiger charge is 2.45. The van der Waals surface area contributed by atoms with Gasteiger partial charge >= 0.3 is 0 Å². The Hall–Kier alpha value is 0.580. The van der Waals surface area contributed by atoms with Crippen molar-refractivity contribution in [2.24, 2.45) is 5.41 Å². The topological polar surface area (TPSA) is 12.5 Å². The molecule has 2 aliphatic rings. The van der Waals surface area contributed by atoms with Crippen LogP contribution in [0.15, 0.2) is 0 Å².